The molecular formula is C61H100O5. The van der Waals surface area contributed by atoms with E-state index in [1.807, 2.05) is 0 Å². The third-order valence-electron chi connectivity index (χ3n) is 11.2. The smallest absolute Gasteiger partial charge is 0.306 e. The van der Waals surface area contributed by atoms with Crippen LogP contribution < -0.4 is 0 Å². The molecule has 66 heavy (non-hydrogen) atoms. The molecule has 0 spiro atoms. The monoisotopic (exact) mass is 913 g/mol. The Kier molecular flexibility index (Phi) is 52.5. The summed E-state index contributed by atoms with van der Waals surface area (Å²) in [6.07, 6.45) is 81.5. The topological polar surface area (TPSA) is 72.8 Å². The Morgan fingerprint density at radius 2 is 0.652 bits per heavy atom. The second kappa shape index (κ2) is 55.6. The first kappa shape index (κ1) is 62.3. The van der Waals surface area contributed by atoms with Crippen LogP contribution in [0.2, 0.25) is 0 Å². The SMILES string of the molecule is CC/C=C\C/C=C\C/C=C\C/C=C\C/C=C\C/C=C\C/C=C\C/C=C\CCCCCCCCCCC(=O)OC(CO)COC(=O)CCCCCCCCCCC/C=C\C/C=C\CCCCC. The minimum absolute atomic E-state index is 0.0778. The van der Waals surface area contributed by atoms with Gasteiger partial charge in [-0.05, 0) is 109 Å². The van der Waals surface area contributed by atoms with Crippen molar-refractivity contribution in [3.63, 3.8) is 0 Å². The Morgan fingerprint density at radius 3 is 0.985 bits per heavy atom. The van der Waals surface area contributed by atoms with Gasteiger partial charge in [0, 0.05) is 12.8 Å². The van der Waals surface area contributed by atoms with Gasteiger partial charge < -0.3 is 14.6 Å². The van der Waals surface area contributed by atoms with Gasteiger partial charge in [0.1, 0.15) is 6.61 Å². The largest absolute Gasteiger partial charge is 0.462 e. The Balaban J connectivity index is 3.59. The lowest BCUT2D eigenvalue weighted by molar-refractivity contribution is -0.161. The molecule has 0 aliphatic rings. The molecule has 5 nitrogen and oxygen atoms in total. The second-order valence-corrected chi connectivity index (χ2v) is 17.6. The van der Waals surface area contributed by atoms with Crippen LogP contribution in [0.1, 0.15) is 232 Å². The summed E-state index contributed by atoms with van der Waals surface area (Å²) in [5, 5.41) is 9.64. The summed E-state index contributed by atoms with van der Waals surface area (Å²) in [6.45, 7) is 3.99. The zero-order chi connectivity index (χ0) is 47.7. The third-order valence-corrected chi connectivity index (χ3v) is 11.2. The maximum atomic E-state index is 12.3. The van der Waals surface area contributed by atoms with Crippen LogP contribution >= 0.6 is 0 Å². The number of carbonyl (C=O) groups is 2. The van der Waals surface area contributed by atoms with E-state index in [2.05, 4.69) is 135 Å². The van der Waals surface area contributed by atoms with Gasteiger partial charge in [-0.25, -0.2) is 0 Å². The molecule has 0 rings (SSSR count). The molecule has 0 heterocycles. The van der Waals surface area contributed by atoms with Gasteiger partial charge in [0.05, 0.1) is 6.61 Å². The van der Waals surface area contributed by atoms with Crippen molar-refractivity contribution in [3.05, 3.63) is 122 Å². The summed E-state index contributed by atoms with van der Waals surface area (Å²) in [4.78, 5) is 24.5. The van der Waals surface area contributed by atoms with E-state index >= 15 is 0 Å². The number of allylic oxidation sites excluding steroid dienone is 20. The molecule has 1 N–H and O–H groups in total. The molecule has 1 unspecified atom stereocenters. The number of rotatable bonds is 48. The maximum absolute atomic E-state index is 12.3. The number of unbranched alkanes of at least 4 members (excludes halogenated alkanes) is 20. The summed E-state index contributed by atoms with van der Waals surface area (Å²) < 4.78 is 10.7. The first-order valence-corrected chi connectivity index (χ1v) is 27.1. The fraction of sp³-hybridized carbons (Fsp3) is 0.639. The number of aliphatic hydroxyl groups is 1. The van der Waals surface area contributed by atoms with Crippen LogP contribution in [0.5, 0.6) is 0 Å². The number of aliphatic hydroxyl groups excluding tert-OH is 1. The van der Waals surface area contributed by atoms with Gasteiger partial charge in [-0.2, -0.15) is 0 Å². The third kappa shape index (κ3) is 52.9. The Morgan fingerprint density at radius 1 is 0.364 bits per heavy atom. The standard InChI is InChI=1S/C61H100O5/c1-3-5-7-9-11-13-15-17-19-21-23-24-25-26-27-28-29-30-31-32-33-34-35-36-38-40-42-44-46-48-50-52-54-56-61(64)66-59(57-62)58-65-60(63)55-53-51-49-47-45-43-41-39-37-22-20-18-16-14-12-10-8-6-4-2/h5,7,11-14,17-20,23-24,26-27,29-30,32-33,35-36,59,62H,3-4,6,8-10,15-16,21-22,25,28,31,34,37-58H2,1-2H3/b7-5-,13-11-,14-12-,19-17-,20-18-,24-23-,27-26-,30-29-,33-32-,36-35-. The number of hydrogen-bond donors (Lipinski definition) is 1. The van der Waals surface area contributed by atoms with E-state index in [1.165, 1.54) is 103 Å². The predicted molar refractivity (Wildman–Crippen MR) is 288 cm³/mol. The quantitative estimate of drug-likeness (QED) is 0.0374. The van der Waals surface area contributed by atoms with Crippen LogP contribution in [-0.4, -0.2) is 36.4 Å². The van der Waals surface area contributed by atoms with E-state index in [1.54, 1.807) is 0 Å². The number of hydrogen-bond acceptors (Lipinski definition) is 5. The molecule has 0 aromatic heterocycles. The number of carbonyl (C=O) groups excluding carboxylic acids is 2. The molecular weight excluding hydrogens is 813 g/mol. The van der Waals surface area contributed by atoms with E-state index in [4.69, 9.17) is 9.47 Å². The molecule has 0 aromatic rings. The lowest BCUT2D eigenvalue weighted by Gasteiger charge is -2.15. The van der Waals surface area contributed by atoms with Gasteiger partial charge in [-0.15, -0.1) is 0 Å². The van der Waals surface area contributed by atoms with Crippen LogP contribution in [0, 0.1) is 0 Å². The molecule has 5 heteroatoms. The molecule has 0 amide bonds. The second-order valence-electron chi connectivity index (χ2n) is 17.6. The molecule has 0 fully saturated rings. The normalized spacial score (nSPS) is 13.2. The first-order valence-electron chi connectivity index (χ1n) is 27.1. The van der Waals surface area contributed by atoms with Crippen molar-refractivity contribution in [2.45, 2.75) is 238 Å². The summed E-state index contributed by atoms with van der Waals surface area (Å²) in [5.74, 6) is -0.610. The van der Waals surface area contributed by atoms with Crippen LogP contribution in [0.4, 0.5) is 0 Å². The highest BCUT2D eigenvalue weighted by Gasteiger charge is 2.16. The predicted octanol–water partition coefficient (Wildman–Crippen LogP) is 18.3. The van der Waals surface area contributed by atoms with E-state index in [0.29, 0.717) is 12.8 Å². The molecule has 0 radical (unpaired) electrons. The molecule has 374 valence electrons. The number of ether oxygens (including phenoxy) is 2. The van der Waals surface area contributed by atoms with E-state index in [9.17, 15) is 14.7 Å². The van der Waals surface area contributed by atoms with Crippen molar-refractivity contribution in [2.75, 3.05) is 13.2 Å². The zero-order valence-electron chi connectivity index (χ0n) is 42.7. The van der Waals surface area contributed by atoms with Gasteiger partial charge >= 0.3 is 11.9 Å². The Hall–Kier alpha value is -3.70. The fourth-order valence-electron chi connectivity index (χ4n) is 7.19. The van der Waals surface area contributed by atoms with E-state index in [-0.39, 0.29) is 25.2 Å². The lowest BCUT2D eigenvalue weighted by Crippen LogP contribution is -2.28. The molecule has 0 aliphatic carbocycles. The average molecular weight is 913 g/mol. The zero-order valence-corrected chi connectivity index (χ0v) is 42.7. The maximum Gasteiger partial charge on any atom is 0.306 e. The van der Waals surface area contributed by atoms with Crippen molar-refractivity contribution in [3.8, 4) is 0 Å². The Labute approximate surface area is 407 Å². The lowest BCUT2D eigenvalue weighted by atomic mass is 10.1. The van der Waals surface area contributed by atoms with Crippen LogP contribution in [-0.2, 0) is 19.1 Å². The molecule has 0 saturated heterocycles. The highest BCUT2D eigenvalue weighted by Crippen LogP contribution is 2.14. The summed E-state index contributed by atoms with van der Waals surface area (Å²) in [5.41, 5.74) is 0. The first-order chi connectivity index (χ1) is 32.6. The Bertz CT molecular complexity index is 1350. The van der Waals surface area contributed by atoms with E-state index in [0.717, 1.165) is 103 Å². The van der Waals surface area contributed by atoms with Gasteiger partial charge in [0.2, 0.25) is 0 Å². The highest BCUT2D eigenvalue weighted by molar-refractivity contribution is 5.70. The molecule has 1 atom stereocenters. The van der Waals surface area contributed by atoms with Crippen molar-refractivity contribution < 1.29 is 24.2 Å². The summed E-state index contributed by atoms with van der Waals surface area (Å²) in [6, 6.07) is 0. The molecule has 0 aliphatic heterocycles. The highest BCUT2D eigenvalue weighted by atomic mass is 16.6. The van der Waals surface area contributed by atoms with Crippen LogP contribution in [0.25, 0.3) is 0 Å². The summed E-state index contributed by atoms with van der Waals surface area (Å²) in [7, 11) is 0. The minimum atomic E-state index is -0.787. The fourth-order valence-corrected chi connectivity index (χ4v) is 7.19. The number of esters is 2. The average Bonchev–Trinajstić information content (AvgIpc) is 3.32. The van der Waals surface area contributed by atoms with Gasteiger partial charge in [-0.3, -0.25) is 9.59 Å². The van der Waals surface area contributed by atoms with Crippen molar-refractivity contribution in [2.24, 2.45) is 0 Å². The van der Waals surface area contributed by atoms with Gasteiger partial charge in [-0.1, -0.05) is 232 Å². The van der Waals surface area contributed by atoms with Gasteiger partial charge in [0.15, 0.2) is 6.10 Å². The van der Waals surface area contributed by atoms with Crippen molar-refractivity contribution in [1.82, 2.24) is 0 Å². The van der Waals surface area contributed by atoms with E-state index < -0.39 is 6.10 Å². The molecule has 0 saturated carbocycles. The van der Waals surface area contributed by atoms with Crippen molar-refractivity contribution in [1.29, 1.82) is 0 Å². The van der Waals surface area contributed by atoms with Crippen LogP contribution in [0.3, 0.4) is 0 Å². The van der Waals surface area contributed by atoms with Crippen LogP contribution in [0.15, 0.2) is 122 Å². The summed E-state index contributed by atoms with van der Waals surface area (Å²) >= 11 is 0. The van der Waals surface area contributed by atoms with Crippen molar-refractivity contribution >= 4 is 11.9 Å². The molecule has 0 bridgehead atoms. The van der Waals surface area contributed by atoms with Gasteiger partial charge in [0.25, 0.3) is 0 Å². The minimum Gasteiger partial charge on any atom is -0.462 e. The molecule has 0 aromatic carbocycles.